The third kappa shape index (κ3) is 5.78. The topological polar surface area (TPSA) is 104 Å². The minimum Gasteiger partial charge on any atom is -0.507 e. The highest BCUT2D eigenvalue weighted by Crippen LogP contribution is 2.44. The fraction of sp³-hybridized carbons (Fsp3) is 0.407. The second-order valence-electron chi connectivity index (χ2n) is 8.79. The molecule has 2 aromatic carbocycles. The van der Waals surface area contributed by atoms with Crippen molar-refractivity contribution in [3.63, 3.8) is 0 Å². The van der Waals surface area contributed by atoms with E-state index in [9.17, 15) is 14.7 Å². The van der Waals surface area contributed by atoms with Crippen LogP contribution in [0.1, 0.15) is 31.0 Å². The number of methoxy groups -OCH3 is 4. The van der Waals surface area contributed by atoms with Gasteiger partial charge in [-0.05, 0) is 29.7 Å². The Balaban J connectivity index is 2.25. The van der Waals surface area contributed by atoms with Crippen molar-refractivity contribution in [2.45, 2.75) is 19.9 Å². The van der Waals surface area contributed by atoms with Crippen molar-refractivity contribution in [2.24, 2.45) is 5.92 Å². The lowest BCUT2D eigenvalue weighted by Crippen LogP contribution is -2.32. The molecule has 0 aromatic heterocycles. The molecule has 37 heavy (non-hydrogen) atoms. The van der Waals surface area contributed by atoms with Crippen LogP contribution in [0, 0.1) is 5.92 Å². The highest BCUT2D eigenvalue weighted by Gasteiger charge is 2.46. The van der Waals surface area contributed by atoms with Gasteiger partial charge in [-0.1, -0.05) is 31.5 Å². The molecule has 0 bridgehead atoms. The Morgan fingerprint density at radius 1 is 0.973 bits per heavy atom. The molecule has 10 heteroatoms. The summed E-state index contributed by atoms with van der Waals surface area (Å²) in [4.78, 5) is 27.8. The number of Topliss-reactive ketones (excluding diaryl/α,β-unsaturated/α-hetero) is 1. The fourth-order valence-electron chi connectivity index (χ4n) is 4.07. The first kappa shape index (κ1) is 28.1. The molecule has 0 radical (unpaired) electrons. The maximum Gasteiger partial charge on any atom is 0.295 e. The number of carbonyl (C=O) groups excluding carboxylic acids is 2. The van der Waals surface area contributed by atoms with Gasteiger partial charge in [0.15, 0.2) is 11.5 Å². The van der Waals surface area contributed by atoms with Crippen LogP contribution in [0.3, 0.4) is 0 Å². The minimum absolute atomic E-state index is 0.108. The first-order valence-electron chi connectivity index (χ1n) is 11.7. The second kappa shape index (κ2) is 12.2. The molecule has 0 aliphatic carbocycles. The monoisotopic (exact) mass is 533 g/mol. The van der Waals surface area contributed by atoms with E-state index >= 15 is 0 Å². The molecule has 1 atom stereocenters. The van der Waals surface area contributed by atoms with Crippen molar-refractivity contribution < 1.29 is 38.4 Å². The molecule has 0 saturated carbocycles. The minimum atomic E-state index is -0.922. The van der Waals surface area contributed by atoms with Crippen LogP contribution in [0.25, 0.3) is 5.76 Å². The molecule has 1 fully saturated rings. The lowest BCUT2D eigenvalue weighted by Gasteiger charge is -2.26. The Morgan fingerprint density at radius 2 is 1.65 bits per heavy atom. The van der Waals surface area contributed by atoms with Crippen molar-refractivity contribution in [1.29, 1.82) is 0 Å². The number of ether oxygens (including phenoxy) is 5. The van der Waals surface area contributed by atoms with E-state index in [1.54, 1.807) is 18.2 Å². The molecule has 0 spiro atoms. The van der Waals surface area contributed by atoms with E-state index in [2.05, 4.69) is 0 Å². The Morgan fingerprint density at radius 3 is 2.24 bits per heavy atom. The standard InChI is InChI=1S/C27H32ClNO8/c1-15(2)14-37-22-11-16(7-8-19(22)34-4)24-23(26(31)27(32)29(24)9-10-33-3)25(30)17-12-21(36-6)18(28)13-20(17)35-5/h7-8,11-13,15,24,30H,9-10,14H2,1-6H3/b25-23+. The molecule has 1 aliphatic rings. The van der Waals surface area contributed by atoms with Crippen LogP contribution in [0.2, 0.25) is 5.02 Å². The maximum atomic E-state index is 13.3. The lowest BCUT2D eigenvalue weighted by atomic mass is 9.94. The average molecular weight is 534 g/mol. The summed E-state index contributed by atoms with van der Waals surface area (Å²) in [6.45, 7) is 4.78. The van der Waals surface area contributed by atoms with Crippen molar-refractivity contribution in [3.8, 4) is 23.0 Å². The van der Waals surface area contributed by atoms with Gasteiger partial charge in [-0.15, -0.1) is 0 Å². The van der Waals surface area contributed by atoms with Gasteiger partial charge in [-0.2, -0.15) is 0 Å². The summed E-state index contributed by atoms with van der Waals surface area (Å²) in [5.74, 6) is -0.328. The van der Waals surface area contributed by atoms with Gasteiger partial charge < -0.3 is 33.7 Å². The number of ketones is 1. The van der Waals surface area contributed by atoms with Gasteiger partial charge in [0.1, 0.15) is 17.3 Å². The fourth-order valence-corrected chi connectivity index (χ4v) is 4.30. The molecule has 3 rings (SSSR count). The zero-order valence-electron chi connectivity index (χ0n) is 21.8. The lowest BCUT2D eigenvalue weighted by molar-refractivity contribution is -0.140. The van der Waals surface area contributed by atoms with E-state index in [1.807, 2.05) is 13.8 Å². The summed E-state index contributed by atoms with van der Waals surface area (Å²) in [6, 6.07) is 7.15. The third-order valence-corrected chi connectivity index (χ3v) is 6.18. The second-order valence-corrected chi connectivity index (χ2v) is 9.19. The molecule has 1 amide bonds. The Kier molecular flexibility index (Phi) is 9.29. The van der Waals surface area contributed by atoms with Crippen molar-refractivity contribution in [2.75, 3.05) is 48.2 Å². The number of likely N-dealkylation sites (tertiary alicyclic amines) is 1. The molecular formula is C27H32ClNO8. The quantitative estimate of drug-likeness (QED) is 0.256. The van der Waals surface area contributed by atoms with Crippen LogP contribution in [-0.2, 0) is 14.3 Å². The number of aliphatic hydroxyl groups excluding tert-OH is 1. The van der Waals surface area contributed by atoms with Gasteiger partial charge in [-0.3, -0.25) is 9.59 Å². The summed E-state index contributed by atoms with van der Waals surface area (Å²) in [5.41, 5.74) is 0.600. The van der Waals surface area contributed by atoms with Crippen LogP contribution in [0.4, 0.5) is 0 Å². The zero-order chi connectivity index (χ0) is 27.3. The molecule has 1 unspecified atom stereocenters. The normalized spacial score (nSPS) is 16.9. The number of rotatable bonds is 11. The zero-order valence-corrected chi connectivity index (χ0v) is 22.5. The number of benzene rings is 2. The molecular weight excluding hydrogens is 502 g/mol. The van der Waals surface area contributed by atoms with Gasteiger partial charge in [0.2, 0.25) is 0 Å². The Hall–Kier alpha value is -3.43. The first-order chi connectivity index (χ1) is 17.7. The van der Waals surface area contributed by atoms with E-state index < -0.39 is 23.5 Å². The number of halogens is 1. The van der Waals surface area contributed by atoms with Crippen LogP contribution < -0.4 is 18.9 Å². The largest absolute Gasteiger partial charge is 0.507 e. The number of nitrogens with zero attached hydrogens (tertiary/aromatic N) is 1. The van der Waals surface area contributed by atoms with Gasteiger partial charge in [0.05, 0.1) is 56.7 Å². The van der Waals surface area contributed by atoms with Crippen LogP contribution >= 0.6 is 11.6 Å². The predicted molar refractivity (Wildman–Crippen MR) is 139 cm³/mol. The van der Waals surface area contributed by atoms with Gasteiger partial charge in [0.25, 0.3) is 11.7 Å². The third-order valence-electron chi connectivity index (χ3n) is 5.88. The van der Waals surface area contributed by atoms with E-state index in [-0.39, 0.29) is 46.7 Å². The van der Waals surface area contributed by atoms with E-state index in [0.29, 0.717) is 23.7 Å². The molecule has 2 aromatic rings. The van der Waals surface area contributed by atoms with Crippen LogP contribution in [0.15, 0.2) is 35.9 Å². The van der Waals surface area contributed by atoms with Gasteiger partial charge >= 0.3 is 0 Å². The SMILES string of the molecule is COCCN1C(=O)C(=O)/C(=C(/O)c2cc(OC)c(Cl)cc2OC)C1c1ccc(OC)c(OCC(C)C)c1. The highest BCUT2D eigenvalue weighted by molar-refractivity contribution is 6.46. The van der Waals surface area contributed by atoms with Crippen molar-refractivity contribution in [1.82, 2.24) is 4.90 Å². The number of aliphatic hydroxyl groups is 1. The van der Waals surface area contributed by atoms with Crippen molar-refractivity contribution >= 4 is 29.1 Å². The van der Waals surface area contributed by atoms with Gasteiger partial charge in [-0.25, -0.2) is 0 Å². The Bertz CT molecular complexity index is 1190. The molecule has 200 valence electrons. The summed E-state index contributed by atoms with van der Waals surface area (Å²) < 4.78 is 27.3. The van der Waals surface area contributed by atoms with E-state index in [0.717, 1.165) is 0 Å². The number of amides is 1. The van der Waals surface area contributed by atoms with Gasteiger partial charge in [0, 0.05) is 19.7 Å². The maximum absolute atomic E-state index is 13.3. The molecule has 9 nitrogen and oxygen atoms in total. The number of hydrogen-bond donors (Lipinski definition) is 1. The van der Waals surface area contributed by atoms with Crippen LogP contribution in [-0.4, -0.2) is 69.9 Å². The smallest absolute Gasteiger partial charge is 0.295 e. The predicted octanol–water partition coefficient (Wildman–Crippen LogP) is 4.47. The number of carbonyl (C=O) groups is 2. The summed E-state index contributed by atoms with van der Waals surface area (Å²) in [6.07, 6.45) is 0. The molecule has 1 aliphatic heterocycles. The molecule has 1 heterocycles. The average Bonchev–Trinajstić information content (AvgIpc) is 3.14. The first-order valence-corrected chi connectivity index (χ1v) is 12.1. The summed E-state index contributed by atoms with van der Waals surface area (Å²) in [5, 5.41) is 11.7. The number of hydrogen-bond acceptors (Lipinski definition) is 8. The summed E-state index contributed by atoms with van der Waals surface area (Å²) in [7, 11) is 5.87. The Labute approximate surface area is 221 Å². The molecule has 1 N–H and O–H groups in total. The van der Waals surface area contributed by atoms with E-state index in [4.69, 9.17) is 35.3 Å². The van der Waals surface area contributed by atoms with Crippen molar-refractivity contribution in [3.05, 3.63) is 52.1 Å². The summed E-state index contributed by atoms with van der Waals surface area (Å²) >= 11 is 6.23. The van der Waals surface area contributed by atoms with E-state index in [1.165, 1.54) is 45.5 Å². The molecule has 1 saturated heterocycles. The highest BCUT2D eigenvalue weighted by atomic mass is 35.5. The van der Waals surface area contributed by atoms with Crippen LogP contribution in [0.5, 0.6) is 23.0 Å².